The minimum atomic E-state index is -4.47. The van der Waals surface area contributed by atoms with E-state index in [2.05, 4.69) is 4.98 Å². The molecular weight excluding hydrogens is 484 g/mol. The Morgan fingerprint density at radius 2 is 2.10 bits per heavy atom. The Hall–Kier alpha value is -2.26. The average Bonchev–Trinajstić information content (AvgIpc) is 3.22. The van der Waals surface area contributed by atoms with Gasteiger partial charge in [0.1, 0.15) is 28.1 Å². The van der Waals surface area contributed by atoms with Crippen molar-refractivity contribution >= 4 is 40.7 Å². The SMILES string of the molecule is N#Cc1ccc(OP(=O)(O)CNS(=O)(=O)c2ccc(CSc3ccccn3)s2)cc1F. The fourth-order valence-corrected chi connectivity index (χ4v) is 7.04. The van der Waals surface area contributed by atoms with Crippen molar-refractivity contribution in [2.45, 2.75) is 15.0 Å². The Morgan fingerprint density at radius 3 is 2.77 bits per heavy atom. The quantitative estimate of drug-likeness (QED) is 0.335. The monoisotopic (exact) mass is 499 g/mol. The summed E-state index contributed by atoms with van der Waals surface area (Å²) >= 11 is 2.48. The van der Waals surface area contributed by atoms with E-state index in [0.717, 1.165) is 39.4 Å². The number of benzene rings is 1. The second-order valence-corrected chi connectivity index (χ2v) is 11.9. The van der Waals surface area contributed by atoms with Crippen molar-refractivity contribution in [1.82, 2.24) is 9.71 Å². The average molecular weight is 500 g/mol. The molecule has 0 aliphatic heterocycles. The van der Waals surface area contributed by atoms with E-state index in [4.69, 9.17) is 9.79 Å². The zero-order valence-corrected chi connectivity index (χ0v) is 19.0. The number of hydrogen-bond donors (Lipinski definition) is 2. The first-order valence-corrected chi connectivity index (χ1v) is 13.6. The standard InChI is InChI=1S/C18H15FN3O5PS3/c19-16-9-14(5-4-13(16)10-20)27-28(23,24)12-22-31(25,26)18-7-6-15(30-18)11-29-17-3-1-2-8-21-17/h1-9,22H,11-12H2,(H,23,24). The smallest absolute Gasteiger partial charge is 0.391 e. The molecule has 0 spiro atoms. The van der Waals surface area contributed by atoms with Gasteiger partial charge in [0.25, 0.3) is 10.0 Å². The number of thioether (sulfide) groups is 1. The van der Waals surface area contributed by atoms with E-state index in [-0.39, 0.29) is 15.5 Å². The second kappa shape index (κ2) is 9.91. The Morgan fingerprint density at radius 1 is 1.29 bits per heavy atom. The molecule has 0 radical (unpaired) electrons. The maximum absolute atomic E-state index is 13.6. The second-order valence-electron chi connectivity index (χ2n) is 5.97. The van der Waals surface area contributed by atoms with Crippen LogP contribution < -0.4 is 9.25 Å². The van der Waals surface area contributed by atoms with Crippen LogP contribution in [0.2, 0.25) is 0 Å². The van der Waals surface area contributed by atoms with Crippen LogP contribution in [0.4, 0.5) is 4.39 Å². The Bertz CT molecular complexity index is 1260. The maximum atomic E-state index is 13.6. The molecule has 162 valence electrons. The summed E-state index contributed by atoms with van der Waals surface area (Å²) in [6.45, 7) is 0. The third-order valence-electron chi connectivity index (χ3n) is 3.67. The van der Waals surface area contributed by atoms with Gasteiger partial charge in [0.05, 0.1) is 10.6 Å². The zero-order valence-electron chi connectivity index (χ0n) is 15.6. The van der Waals surface area contributed by atoms with Gasteiger partial charge in [-0.3, -0.25) is 0 Å². The van der Waals surface area contributed by atoms with E-state index in [1.54, 1.807) is 24.4 Å². The number of nitriles is 1. The number of nitrogens with zero attached hydrogens (tertiary/aromatic N) is 2. The lowest BCUT2D eigenvalue weighted by molar-refractivity contribution is 0.377. The van der Waals surface area contributed by atoms with E-state index in [0.29, 0.717) is 5.75 Å². The third-order valence-corrected chi connectivity index (χ3v) is 9.09. The summed E-state index contributed by atoms with van der Waals surface area (Å²) < 4.78 is 57.6. The molecule has 0 saturated heterocycles. The van der Waals surface area contributed by atoms with Gasteiger partial charge in [-0.2, -0.15) is 9.98 Å². The van der Waals surface area contributed by atoms with Gasteiger partial charge in [-0.15, -0.1) is 23.1 Å². The van der Waals surface area contributed by atoms with Gasteiger partial charge in [-0.25, -0.2) is 22.4 Å². The number of sulfonamides is 1. The molecule has 1 atom stereocenters. The molecule has 2 aromatic heterocycles. The molecule has 1 aromatic carbocycles. The van der Waals surface area contributed by atoms with E-state index in [1.165, 1.54) is 17.8 Å². The number of pyridine rings is 1. The van der Waals surface area contributed by atoms with Gasteiger partial charge in [0, 0.05) is 22.9 Å². The number of aromatic nitrogens is 1. The summed E-state index contributed by atoms with van der Waals surface area (Å²) in [7, 11) is -8.52. The van der Waals surface area contributed by atoms with Crippen molar-refractivity contribution in [3.8, 4) is 11.8 Å². The number of halogens is 1. The van der Waals surface area contributed by atoms with Crippen molar-refractivity contribution in [2.75, 3.05) is 6.29 Å². The largest absolute Gasteiger partial charge is 0.424 e. The predicted octanol–water partition coefficient (Wildman–Crippen LogP) is 3.95. The van der Waals surface area contributed by atoms with Crippen molar-refractivity contribution < 1.29 is 26.8 Å². The molecule has 0 fully saturated rings. The molecule has 31 heavy (non-hydrogen) atoms. The van der Waals surface area contributed by atoms with Gasteiger partial charge in [-0.1, -0.05) is 6.07 Å². The van der Waals surface area contributed by atoms with Crippen LogP contribution >= 0.6 is 30.7 Å². The van der Waals surface area contributed by atoms with Crippen LogP contribution in [0.25, 0.3) is 0 Å². The lowest BCUT2D eigenvalue weighted by Gasteiger charge is -2.14. The lowest BCUT2D eigenvalue weighted by Crippen LogP contribution is -2.25. The summed E-state index contributed by atoms with van der Waals surface area (Å²) in [5.74, 6) is -0.704. The van der Waals surface area contributed by atoms with Gasteiger partial charge in [0.15, 0.2) is 0 Å². The number of rotatable bonds is 9. The van der Waals surface area contributed by atoms with Gasteiger partial charge in [-0.05, 0) is 36.4 Å². The van der Waals surface area contributed by atoms with Crippen LogP contribution in [0.15, 0.2) is 64.0 Å². The van der Waals surface area contributed by atoms with E-state index in [9.17, 15) is 22.3 Å². The van der Waals surface area contributed by atoms with Crippen molar-refractivity contribution in [3.63, 3.8) is 0 Å². The van der Waals surface area contributed by atoms with Crippen LogP contribution in [-0.2, 0) is 20.3 Å². The molecule has 3 aromatic rings. The first-order valence-electron chi connectivity index (χ1n) is 8.52. The number of nitrogens with one attached hydrogen (secondary N) is 1. The molecule has 0 amide bonds. The lowest BCUT2D eigenvalue weighted by atomic mass is 10.2. The Balaban J connectivity index is 1.60. The molecule has 0 aliphatic rings. The normalized spacial score (nSPS) is 13.3. The molecule has 2 N–H and O–H groups in total. The maximum Gasteiger partial charge on any atom is 0.391 e. The van der Waals surface area contributed by atoms with Crippen LogP contribution in [-0.4, -0.2) is 24.6 Å². The van der Waals surface area contributed by atoms with Gasteiger partial charge >= 0.3 is 7.60 Å². The summed E-state index contributed by atoms with van der Waals surface area (Å²) in [6, 6.07) is 13.2. The van der Waals surface area contributed by atoms with E-state index < -0.39 is 29.7 Å². The van der Waals surface area contributed by atoms with E-state index >= 15 is 0 Å². The fraction of sp³-hybridized carbons (Fsp3) is 0.111. The van der Waals surface area contributed by atoms with E-state index in [1.807, 2.05) is 16.9 Å². The minimum Gasteiger partial charge on any atom is -0.424 e. The highest BCUT2D eigenvalue weighted by atomic mass is 32.2. The fourth-order valence-electron chi connectivity index (χ4n) is 2.24. The summed E-state index contributed by atoms with van der Waals surface area (Å²) in [5.41, 5.74) is -0.254. The first-order chi connectivity index (χ1) is 14.7. The Labute approximate surface area is 186 Å². The van der Waals surface area contributed by atoms with Crippen molar-refractivity contribution in [1.29, 1.82) is 5.26 Å². The van der Waals surface area contributed by atoms with Crippen LogP contribution in [0.5, 0.6) is 5.75 Å². The molecule has 2 heterocycles. The van der Waals surface area contributed by atoms with Crippen LogP contribution in [0, 0.1) is 17.1 Å². The molecule has 0 aliphatic carbocycles. The van der Waals surface area contributed by atoms with Crippen LogP contribution in [0.1, 0.15) is 10.4 Å². The topological polar surface area (TPSA) is 129 Å². The zero-order chi connectivity index (χ0) is 22.5. The van der Waals surface area contributed by atoms with Crippen molar-refractivity contribution in [2.24, 2.45) is 0 Å². The molecule has 1 unspecified atom stereocenters. The molecule has 0 bridgehead atoms. The summed E-state index contributed by atoms with van der Waals surface area (Å²) in [6.07, 6.45) is 0.755. The highest BCUT2D eigenvalue weighted by Crippen LogP contribution is 2.42. The first kappa shape index (κ1) is 23.4. The molecule has 3 rings (SSSR count). The number of hydrogen-bond acceptors (Lipinski definition) is 8. The minimum absolute atomic E-state index is 0.0199. The predicted molar refractivity (Wildman–Crippen MR) is 115 cm³/mol. The summed E-state index contributed by atoms with van der Waals surface area (Å²) in [4.78, 5) is 14.9. The Kier molecular flexibility index (Phi) is 7.48. The molecule has 8 nitrogen and oxygen atoms in total. The van der Waals surface area contributed by atoms with Crippen LogP contribution in [0.3, 0.4) is 0 Å². The highest BCUT2D eigenvalue weighted by molar-refractivity contribution is 7.98. The van der Waals surface area contributed by atoms with Gasteiger partial charge in [0.2, 0.25) is 0 Å². The molecular formula is C18H15FN3O5PS3. The van der Waals surface area contributed by atoms with Gasteiger partial charge < -0.3 is 9.42 Å². The summed E-state index contributed by atoms with van der Waals surface area (Å²) in [5, 5.41) is 9.50. The van der Waals surface area contributed by atoms with Crippen molar-refractivity contribution in [3.05, 3.63) is 71.0 Å². The third kappa shape index (κ3) is 6.61. The molecule has 13 heteroatoms. The number of thiophene rings is 1. The molecule has 0 saturated carbocycles. The highest BCUT2D eigenvalue weighted by Gasteiger charge is 2.26.